The molecule has 0 saturated carbocycles. The molecule has 0 atom stereocenters. The van der Waals surface area contributed by atoms with Crippen LogP contribution in [0.3, 0.4) is 0 Å². The van der Waals surface area contributed by atoms with E-state index in [2.05, 4.69) is 5.32 Å². The summed E-state index contributed by atoms with van der Waals surface area (Å²) in [6.45, 7) is -0.132. The minimum atomic E-state index is -0.683. The molecule has 3 aromatic carbocycles. The van der Waals surface area contributed by atoms with Gasteiger partial charge in [0.2, 0.25) is 5.91 Å². The zero-order chi connectivity index (χ0) is 22.9. The van der Waals surface area contributed by atoms with Crippen molar-refractivity contribution >= 4 is 23.5 Å². The van der Waals surface area contributed by atoms with Crippen molar-refractivity contribution in [3.8, 4) is 11.5 Å². The van der Waals surface area contributed by atoms with E-state index in [1.54, 1.807) is 6.07 Å². The van der Waals surface area contributed by atoms with E-state index in [0.29, 0.717) is 29.4 Å². The SMILES string of the molecule is COc1cc(C(=O)OCC(=O)Nc2ccc(C(N)=O)cc2)ccc1OCc1ccccc1. The Morgan fingerprint density at radius 2 is 1.56 bits per heavy atom. The maximum Gasteiger partial charge on any atom is 0.338 e. The average molecular weight is 434 g/mol. The Morgan fingerprint density at radius 3 is 2.22 bits per heavy atom. The van der Waals surface area contributed by atoms with E-state index >= 15 is 0 Å². The van der Waals surface area contributed by atoms with Crippen LogP contribution in [-0.4, -0.2) is 31.5 Å². The summed E-state index contributed by atoms with van der Waals surface area (Å²) in [7, 11) is 1.47. The molecule has 0 fully saturated rings. The lowest BCUT2D eigenvalue weighted by Gasteiger charge is -2.12. The monoisotopic (exact) mass is 434 g/mol. The first-order valence-electron chi connectivity index (χ1n) is 9.68. The van der Waals surface area contributed by atoms with Crippen LogP contribution in [0.2, 0.25) is 0 Å². The lowest BCUT2D eigenvalue weighted by Crippen LogP contribution is -2.21. The molecule has 3 N–H and O–H groups in total. The van der Waals surface area contributed by atoms with E-state index in [1.807, 2.05) is 30.3 Å². The van der Waals surface area contributed by atoms with E-state index in [9.17, 15) is 14.4 Å². The summed E-state index contributed by atoms with van der Waals surface area (Å²) in [4.78, 5) is 35.4. The normalized spacial score (nSPS) is 10.2. The third-order valence-corrected chi connectivity index (χ3v) is 4.42. The van der Waals surface area contributed by atoms with Gasteiger partial charge in [0.25, 0.3) is 5.91 Å². The molecule has 0 aliphatic rings. The molecule has 32 heavy (non-hydrogen) atoms. The minimum Gasteiger partial charge on any atom is -0.493 e. The molecular formula is C24H22N2O6. The number of ether oxygens (including phenoxy) is 3. The van der Waals surface area contributed by atoms with Gasteiger partial charge in [-0.1, -0.05) is 30.3 Å². The van der Waals surface area contributed by atoms with Crippen LogP contribution >= 0.6 is 0 Å². The molecule has 8 nitrogen and oxygen atoms in total. The van der Waals surface area contributed by atoms with Crippen molar-refractivity contribution in [2.75, 3.05) is 19.0 Å². The molecule has 2 amide bonds. The summed E-state index contributed by atoms with van der Waals surface area (Å²) >= 11 is 0. The second kappa shape index (κ2) is 10.6. The number of hydrogen-bond acceptors (Lipinski definition) is 6. The molecule has 0 bridgehead atoms. The van der Waals surface area contributed by atoms with Crippen molar-refractivity contribution < 1.29 is 28.6 Å². The number of carbonyl (C=O) groups is 3. The Bertz CT molecular complexity index is 1100. The van der Waals surface area contributed by atoms with Gasteiger partial charge in [-0.25, -0.2) is 4.79 Å². The van der Waals surface area contributed by atoms with Crippen LogP contribution in [-0.2, 0) is 16.1 Å². The molecule has 0 saturated heterocycles. The molecule has 0 aliphatic carbocycles. The average Bonchev–Trinajstić information content (AvgIpc) is 2.82. The van der Waals surface area contributed by atoms with Gasteiger partial charge in [0, 0.05) is 11.3 Å². The van der Waals surface area contributed by atoms with E-state index in [0.717, 1.165) is 5.56 Å². The maximum absolute atomic E-state index is 12.3. The molecule has 164 valence electrons. The molecule has 0 spiro atoms. The number of carbonyl (C=O) groups excluding carboxylic acids is 3. The Morgan fingerprint density at radius 1 is 0.875 bits per heavy atom. The zero-order valence-electron chi connectivity index (χ0n) is 17.4. The summed E-state index contributed by atoms with van der Waals surface area (Å²) < 4.78 is 16.1. The van der Waals surface area contributed by atoms with Gasteiger partial charge >= 0.3 is 5.97 Å². The van der Waals surface area contributed by atoms with Gasteiger partial charge in [0.15, 0.2) is 18.1 Å². The fraction of sp³-hybridized carbons (Fsp3) is 0.125. The Balaban J connectivity index is 1.54. The highest BCUT2D eigenvalue weighted by Crippen LogP contribution is 2.29. The van der Waals surface area contributed by atoms with Gasteiger partial charge in [0.05, 0.1) is 12.7 Å². The number of benzene rings is 3. The minimum absolute atomic E-state index is 0.215. The molecule has 0 unspecified atom stereocenters. The summed E-state index contributed by atoms with van der Waals surface area (Å²) in [5, 5.41) is 2.57. The summed E-state index contributed by atoms with van der Waals surface area (Å²) in [6.07, 6.45) is 0. The van der Waals surface area contributed by atoms with Crippen molar-refractivity contribution in [3.63, 3.8) is 0 Å². The van der Waals surface area contributed by atoms with Crippen LogP contribution < -0.4 is 20.5 Å². The van der Waals surface area contributed by atoms with Gasteiger partial charge in [0.1, 0.15) is 6.61 Å². The summed E-state index contributed by atoms with van der Waals surface area (Å²) in [5.41, 5.74) is 7.14. The first-order chi connectivity index (χ1) is 15.5. The predicted molar refractivity (Wildman–Crippen MR) is 118 cm³/mol. The van der Waals surface area contributed by atoms with Crippen molar-refractivity contribution in [2.24, 2.45) is 5.73 Å². The van der Waals surface area contributed by atoms with Crippen LogP contribution in [0, 0.1) is 0 Å². The molecule has 0 heterocycles. The van der Waals surface area contributed by atoms with Crippen LogP contribution in [0.4, 0.5) is 5.69 Å². The van der Waals surface area contributed by atoms with Gasteiger partial charge in [-0.3, -0.25) is 9.59 Å². The number of rotatable bonds is 9. The number of primary amides is 1. The number of nitrogens with two attached hydrogens (primary N) is 1. The lowest BCUT2D eigenvalue weighted by atomic mass is 10.2. The smallest absolute Gasteiger partial charge is 0.338 e. The van der Waals surface area contributed by atoms with Gasteiger partial charge in [-0.2, -0.15) is 0 Å². The Kier molecular flexibility index (Phi) is 7.42. The standard InChI is InChI=1S/C24H22N2O6/c1-30-21-13-18(9-12-20(21)31-14-16-5-3-2-4-6-16)24(29)32-15-22(27)26-19-10-7-17(8-11-19)23(25)28/h2-13H,14-15H2,1H3,(H2,25,28)(H,26,27). The molecule has 0 radical (unpaired) electrons. The summed E-state index contributed by atoms with van der Waals surface area (Å²) in [6, 6.07) is 20.3. The molecule has 8 heteroatoms. The highest BCUT2D eigenvalue weighted by Gasteiger charge is 2.14. The van der Waals surface area contributed by atoms with Gasteiger partial charge in [-0.15, -0.1) is 0 Å². The topological polar surface area (TPSA) is 117 Å². The highest BCUT2D eigenvalue weighted by molar-refractivity contribution is 5.97. The number of anilines is 1. The van der Waals surface area contributed by atoms with Gasteiger partial charge in [-0.05, 0) is 48.0 Å². The predicted octanol–water partition coefficient (Wildman–Crippen LogP) is 3.17. The first-order valence-corrected chi connectivity index (χ1v) is 9.68. The van der Waals surface area contributed by atoms with Gasteiger partial charge < -0.3 is 25.3 Å². The molecular weight excluding hydrogens is 412 g/mol. The van der Waals surface area contributed by atoms with Crippen molar-refractivity contribution in [2.45, 2.75) is 6.61 Å². The zero-order valence-corrected chi connectivity index (χ0v) is 17.4. The Hall–Kier alpha value is -4.33. The van der Waals surface area contributed by atoms with E-state index in [-0.39, 0.29) is 5.56 Å². The number of hydrogen-bond donors (Lipinski definition) is 2. The van der Waals surface area contributed by atoms with Crippen LogP contribution in [0.1, 0.15) is 26.3 Å². The number of nitrogens with one attached hydrogen (secondary N) is 1. The van der Waals surface area contributed by atoms with E-state index < -0.39 is 24.4 Å². The van der Waals surface area contributed by atoms with Crippen molar-refractivity contribution in [1.82, 2.24) is 0 Å². The highest BCUT2D eigenvalue weighted by atomic mass is 16.5. The second-order valence-corrected chi connectivity index (χ2v) is 6.71. The number of esters is 1. The van der Waals surface area contributed by atoms with E-state index in [4.69, 9.17) is 19.9 Å². The number of methoxy groups -OCH3 is 1. The van der Waals surface area contributed by atoms with Crippen LogP contribution in [0.15, 0.2) is 72.8 Å². The fourth-order valence-corrected chi connectivity index (χ4v) is 2.78. The third-order valence-electron chi connectivity index (χ3n) is 4.42. The third kappa shape index (κ3) is 6.09. The van der Waals surface area contributed by atoms with Crippen molar-refractivity contribution in [1.29, 1.82) is 0 Å². The quantitative estimate of drug-likeness (QED) is 0.500. The first kappa shape index (κ1) is 22.4. The fourth-order valence-electron chi connectivity index (χ4n) is 2.78. The summed E-state index contributed by atoms with van der Waals surface area (Å²) in [5.74, 6) is -0.930. The molecule has 0 aromatic heterocycles. The van der Waals surface area contributed by atoms with Crippen LogP contribution in [0.5, 0.6) is 11.5 Å². The maximum atomic E-state index is 12.3. The largest absolute Gasteiger partial charge is 0.493 e. The van der Waals surface area contributed by atoms with E-state index in [1.165, 1.54) is 43.5 Å². The lowest BCUT2D eigenvalue weighted by molar-refractivity contribution is -0.119. The molecule has 0 aliphatic heterocycles. The molecule has 3 rings (SSSR count). The Labute approximate surface area is 184 Å². The second-order valence-electron chi connectivity index (χ2n) is 6.71. The molecule has 3 aromatic rings. The number of amides is 2. The van der Waals surface area contributed by atoms with Crippen molar-refractivity contribution in [3.05, 3.63) is 89.5 Å². The van der Waals surface area contributed by atoms with Crippen LogP contribution in [0.25, 0.3) is 0 Å².